The normalized spacial score (nSPS) is 12.1. The first kappa shape index (κ1) is 15.9. The Hall–Kier alpha value is -1.48. The molecule has 0 aliphatic carbocycles. The third-order valence-corrected chi connectivity index (χ3v) is 3.93. The summed E-state index contributed by atoms with van der Waals surface area (Å²) in [6.45, 7) is 2.19. The molecular weight excluding hydrogens is 381 g/mol. The van der Waals surface area contributed by atoms with Gasteiger partial charge in [0.15, 0.2) is 0 Å². The first-order valence-corrected chi connectivity index (χ1v) is 7.88. The number of benzene rings is 1. The third-order valence-electron chi connectivity index (χ3n) is 2.99. The molecular formula is C14H18IN5O. The SMILES string of the molecule is CCCC(N)c1cn(CC(=O)Nc2ccccc2I)nn1. The Balaban J connectivity index is 1.96. The van der Waals surface area contributed by atoms with Gasteiger partial charge >= 0.3 is 0 Å². The summed E-state index contributed by atoms with van der Waals surface area (Å²) in [5, 5.41) is 10.8. The molecule has 112 valence electrons. The van der Waals surface area contributed by atoms with Crippen LogP contribution < -0.4 is 11.1 Å². The molecule has 0 spiro atoms. The summed E-state index contributed by atoms with van der Waals surface area (Å²) in [6.07, 6.45) is 3.57. The number of aromatic nitrogens is 3. The standard InChI is InChI=1S/C14H18IN5O/c1-2-5-11(16)13-8-20(19-18-13)9-14(21)17-12-7-4-3-6-10(12)15/h3-4,6-8,11H,2,5,9,16H2,1H3,(H,17,21). The fraction of sp³-hybridized carbons (Fsp3) is 0.357. The average molecular weight is 399 g/mol. The fourth-order valence-corrected chi connectivity index (χ4v) is 2.44. The Kier molecular flexibility index (Phi) is 5.68. The van der Waals surface area contributed by atoms with Crippen LogP contribution in [0.1, 0.15) is 31.5 Å². The van der Waals surface area contributed by atoms with Crippen LogP contribution in [0.4, 0.5) is 5.69 Å². The largest absolute Gasteiger partial charge is 0.324 e. The predicted octanol–water partition coefficient (Wildman–Crippen LogP) is 2.32. The van der Waals surface area contributed by atoms with E-state index in [1.807, 2.05) is 24.3 Å². The maximum absolute atomic E-state index is 12.0. The summed E-state index contributed by atoms with van der Waals surface area (Å²) in [4.78, 5) is 12.0. The van der Waals surface area contributed by atoms with Gasteiger partial charge in [-0.15, -0.1) is 5.10 Å². The number of hydrogen-bond acceptors (Lipinski definition) is 4. The van der Waals surface area contributed by atoms with E-state index in [0.717, 1.165) is 27.8 Å². The zero-order valence-electron chi connectivity index (χ0n) is 11.8. The maximum atomic E-state index is 12.0. The van der Waals surface area contributed by atoms with Gasteiger partial charge in [0.25, 0.3) is 0 Å². The van der Waals surface area contributed by atoms with E-state index in [0.29, 0.717) is 0 Å². The van der Waals surface area contributed by atoms with Gasteiger partial charge in [-0.1, -0.05) is 30.7 Å². The van der Waals surface area contributed by atoms with Gasteiger partial charge in [-0.25, -0.2) is 4.68 Å². The molecule has 0 saturated heterocycles. The molecule has 0 saturated carbocycles. The number of carbonyl (C=O) groups excluding carboxylic acids is 1. The lowest BCUT2D eigenvalue weighted by Gasteiger charge is -2.07. The summed E-state index contributed by atoms with van der Waals surface area (Å²) in [5.41, 5.74) is 7.49. The average Bonchev–Trinajstić information content (AvgIpc) is 2.90. The quantitative estimate of drug-likeness (QED) is 0.731. The van der Waals surface area contributed by atoms with Crippen molar-refractivity contribution < 1.29 is 4.79 Å². The van der Waals surface area contributed by atoms with E-state index in [-0.39, 0.29) is 18.5 Å². The van der Waals surface area contributed by atoms with Crippen LogP contribution in [0.25, 0.3) is 0 Å². The smallest absolute Gasteiger partial charge is 0.246 e. The number of para-hydroxylation sites is 1. The Morgan fingerprint density at radius 1 is 1.48 bits per heavy atom. The Morgan fingerprint density at radius 3 is 2.95 bits per heavy atom. The zero-order valence-corrected chi connectivity index (χ0v) is 13.9. The van der Waals surface area contributed by atoms with E-state index in [4.69, 9.17) is 5.73 Å². The van der Waals surface area contributed by atoms with Crippen molar-refractivity contribution in [1.82, 2.24) is 15.0 Å². The molecule has 2 aromatic rings. The van der Waals surface area contributed by atoms with Gasteiger partial charge in [-0.3, -0.25) is 4.79 Å². The highest BCUT2D eigenvalue weighted by Gasteiger charge is 2.12. The number of hydrogen-bond donors (Lipinski definition) is 2. The van der Waals surface area contributed by atoms with Crippen molar-refractivity contribution >= 4 is 34.2 Å². The Morgan fingerprint density at radius 2 is 2.24 bits per heavy atom. The minimum absolute atomic E-state index is 0.122. The van der Waals surface area contributed by atoms with Gasteiger partial charge in [0.1, 0.15) is 6.54 Å². The van der Waals surface area contributed by atoms with Crippen molar-refractivity contribution in [3.63, 3.8) is 0 Å². The van der Waals surface area contributed by atoms with E-state index < -0.39 is 0 Å². The molecule has 1 unspecified atom stereocenters. The van der Waals surface area contributed by atoms with E-state index >= 15 is 0 Å². The van der Waals surface area contributed by atoms with Crippen LogP contribution in [0.15, 0.2) is 30.5 Å². The highest BCUT2D eigenvalue weighted by atomic mass is 127. The number of halogens is 1. The monoisotopic (exact) mass is 399 g/mol. The summed E-state index contributed by atoms with van der Waals surface area (Å²) in [5.74, 6) is -0.139. The first-order valence-electron chi connectivity index (χ1n) is 6.80. The minimum Gasteiger partial charge on any atom is -0.324 e. The highest BCUT2D eigenvalue weighted by Crippen LogP contribution is 2.17. The molecule has 6 nitrogen and oxygen atoms in total. The second kappa shape index (κ2) is 7.51. The fourth-order valence-electron chi connectivity index (χ4n) is 1.92. The Labute approximate surface area is 137 Å². The lowest BCUT2D eigenvalue weighted by atomic mass is 10.1. The first-order chi connectivity index (χ1) is 10.1. The summed E-state index contributed by atoms with van der Waals surface area (Å²) in [6, 6.07) is 7.49. The molecule has 0 radical (unpaired) electrons. The molecule has 1 atom stereocenters. The molecule has 0 aliphatic rings. The van der Waals surface area contributed by atoms with Gasteiger partial charge < -0.3 is 11.1 Å². The van der Waals surface area contributed by atoms with E-state index in [2.05, 4.69) is 45.1 Å². The molecule has 1 aromatic carbocycles. The van der Waals surface area contributed by atoms with Crippen LogP contribution in [0.3, 0.4) is 0 Å². The second-order valence-electron chi connectivity index (χ2n) is 4.76. The number of amides is 1. The van der Waals surface area contributed by atoms with Crippen molar-refractivity contribution in [1.29, 1.82) is 0 Å². The predicted molar refractivity (Wildman–Crippen MR) is 89.6 cm³/mol. The van der Waals surface area contributed by atoms with Gasteiger partial charge in [0.2, 0.25) is 5.91 Å². The van der Waals surface area contributed by atoms with E-state index in [9.17, 15) is 4.79 Å². The van der Waals surface area contributed by atoms with Crippen LogP contribution >= 0.6 is 22.6 Å². The van der Waals surface area contributed by atoms with Gasteiger partial charge in [0, 0.05) is 3.57 Å². The molecule has 21 heavy (non-hydrogen) atoms. The van der Waals surface area contributed by atoms with Crippen LogP contribution in [0, 0.1) is 3.57 Å². The molecule has 0 fully saturated rings. The minimum atomic E-state index is -0.139. The molecule has 0 bridgehead atoms. The van der Waals surface area contributed by atoms with Gasteiger partial charge in [-0.05, 0) is 41.1 Å². The second-order valence-corrected chi connectivity index (χ2v) is 5.93. The number of rotatable bonds is 6. The van der Waals surface area contributed by atoms with Gasteiger partial charge in [-0.2, -0.15) is 0 Å². The Bertz CT molecular complexity index is 613. The summed E-state index contributed by atoms with van der Waals surface area (Å²) >= 11 is 2.18. The molecule has 2 rings (SSSR count). The third kappa shape index (κ3) is 4.50. The van der Waals surface area contributed by atoms with E-state index in [1.165, 1.54) is 4.68 Å². The van der Waals surface area contributed by atoms with Crippen molar-refractivity contribution in [2.24, 2.45) is 5.73 Å². The number of nitrogens with two attached hydrogens (primary N) is 1. The molecule has 1 aromatic heterocycles. The van der Waals surface area contributed by atoms with Crippen molar-refractivity contribution in [2.45, 2.75) is 32.4 Å². The van der Waals surface area contributed by atoms with Crippen molar-refractivity contribution in [2.75, 3.05) is 5.32 Å². The van der Waals surface area contributed by atoms with Crippen LogP contribution in [-0.4, -0.2) is 20.9 Å². The molecule has 3 N–H and O–H groups in total. The highest BCUT2D eigenvalue weighted by molar-refractivity contribution is 14.1. The number of carbonyl (C=O) groups is 1. The molecule has 0 aliphatic heterocycles. The number of nitrogens with one attached hydrogen (secondary N) is 1. The summed E-state index contributed by atoms with van der Waals surface area (Å²) in [7, 11) is 0. The molecule has 1 amide bonds. The maximum Gasteiger partial charge on any atom is 0.246 e. The van der Waals surface area contributed by atoms with Crippen molar-refractivity contribution in [3.05, 3.63) is 39.7 Å². The van der Waals surface area contributed by atoms with Gasteiger partial charge in [0.05, 0.1) is 23.6 Å². The number of nitrogens with zero attached hydrogens (tertiary/aromatic N) is 3. The van der Waals surface area contributed by atoms with Crippen molar-refractivity contribution in [3.8, 4) is 0 Å². The summed E-state index contributed by atoms with van der Waals surface area (Å²) < 4.78 is 2.50. The lowest BCUT2D eigenvalue weighted by molar-refractivity contribution is -0.116. The van der Waals surface area contributed by atoms with E-state index in [1.54, 1.807) is 6.20 Å². The number of anilines is 1. The van der Waals surface area contributed by atoms with Crippen LogP contribution in [0.5, 0.6) is 0 Å². The van der Waals surface area contributed by atoms with Crippen LogP contribution in [0.2, 0.25) is 0 Å². The van der Waals surface area contributed by atoms with Crippen LogP contribution in [-0.2, 0) is 11.3 Å². The lowest BCUT2D eigenvalue weighted by Crippen LogP contribution is -2.19. The topological polar surface area (TPSA) is 85.8 Å². The zero-order chi connectivity index (χ0) is 15.2. The molecule has 1 heterocycles. The molecule has 7 heteroatoms.